The van der Waals surface area contributed by atoms with Crippen LogP contribution in [0.1, 0.15) is 72.6 Å². The van der Waals surface area contributed by atoms with Gasteiger partial charge in [-0.15, -0.1) is 0 Å². The number of piperidine rings is 1. The monoisotopic (exact) mass is 538 g/mol. The minimum atomic E-state index is -3.06. The van der Waals surface area contributed by atoms with Crippen LogP contribution in [0.4, 0.5) is 27.6 Å². The highest BCUT2D eigenvalue weighted by Gasteiger charge is 2.50. The standard InChI is InChI=1S/C27H31F5N4O2/c1-14(17-4-3-5-18(23(17)28)25(29)30)33-26(38)19-13-36(21-8-9-27(21,31)32)22(37)10-20(19)34-24-15-6-7-16(24)12-35(2)11-15/h3-5,10,13-16,21,24-25,34H,6-9,11-12H2,1-2H3,(H,33,38)/t14-,15-,16+,21?,24?/m1/s1. The van der Waals surface area contributed by atoms with Gasteiger partial charge >= 0.3 is 0 Å². The molecule has 1 saturated heterocycles. The lowest BCUT2D eigenvalue weighted by Crippen LogP contribution is -2.47. The number of likely N-dealkylation sites (tertiary alicyclic amines) is 1. The van der Waals surface area contributed by atoms with E-state index in [9.17, 15) is 31.5 Å². The first kappa shape index (κ1) is 26.6. The molecule has 38 heavy (non-hydrogen) atoms. The Kier molecular flexibility index (Phi) is 7.00. The van der Waals surface area contributed by atoms with E-state index in [0.29, 0.717) is 11.8 Å². The Morgan fingerprint density at radius 2 is 1.76 bits per heavy atom. The van der Waals surface area contributed by atoms with Crippen LogP contribution >= 0.6 is 0 Å². The van der Waals surface area contributed by atoms with Crippen molar-refractivity contribution in [3.05, 3.63) is 63.3 Å². The van der Waals surface area contributed by atoms with E-state index >= 15 is 0 Å². The predicted octanol–water partition coefficient (Wildman–Crippen LogP) is 5.14. The highest BCUT2D eigenvalue weighted by Crippen LogP contribution is 2.46. The Morgan fingerprint density at radius 3 is 2.34 bits per heavy atom. The average molecular weight is 539 g/mol. The summed E-state index contributed by atoms with van der Waals surface area (Å²) in [6.45, 7) is 3.17. The Hall–Kier alpha value is -2.95. The number of carbonyl (C=O) groups excluding carboxylic acids is 1. The minimum absolute atomic E-state index is 0.00994. The van der Waals surface area contributed by atoms with Gasteiger partial charge in [0.25, 0.3) is 23.8 Å². The number of pyridine rings is 1. The van der Waals surface area contributed by atoms with Gasteiger partial charge in [-0.1, -0.05) is 18.2 Å². The lowest BCUT2D eigenvalue weighted by molar-refractivity contribution is -0.123. The first-order valence-corrected chi connectivity index (χ1v) is 12.9. The van der Waals surface area contributed by atoms with Crippen LogP contribution in [-0.4, -0.2) is 47.5 Å². The molecule has 1 aromatic carbocycles. The van der Waals surface area contributed by atoms with E-state index in [0.717, 1.165) is 42.8 Å². The summed E-state index contributed by atoms with van der Waals surface area (Å²) in [6.07, 6.45) is -0.130. The number of carbonyl (C=O) groups is 1. The molecule has 206 valence electrons. The van der Waals surface area contributed by atoms with E-state index in [-0.39, 0.29) is 35.7 Å². The van der Waals surface area contributed by atoms with E-state index in [1.54, 1.807) is 0 Å². The van der Waals surface area contributed by atoms with Crippen molar-refractivity contribution in [2.24, 2.45) is 11.8 Å². The van der Waals surface area contributed by atoms with Crippen molar-refractivity contribution < 1.29 is 26.7 Å². The lowest BCUT2D eigenvalue weighted by atomic mass is 9.87. The molecule has 2 N–H and O–H groups in total. The van der Waals surface area contributed by atoms with Crippen molar-refractivity contribution >= 4 is 11.6 Å². The molecule has 2 saturated carbocycles. The number of nitrogens with one attached hydrogen (secondary N) is 2. The van der Waals surface area contributed by atoms with Crippen LogP contribution in [0.3, 0.4) is 0 Å². The Labute approximate surface area is 217 Å². The molecule has 1 amide bonds. The van der Waals surface area contributed by atoms with Crippen LogP contribution in [0.5, 0.6) is 0 Å². The first-order chi connectivity index (χ1) is 18.0. The molecule has 2 bridgehead atoms. The van der Waals surface area contributed by atoms with Gasteiger partial charge in [-0.3, -0.25) is 9.59 Å². The maximum atomic E-state index is 14.7. The fourth-order valence-corrected chi connectivity index (χ4v) is 6.22. The second kappa shape index (κ2) is 9.98. The first-order valence-electron chi connectivity index (χ1n) is 12.9. The normalized spacial score (nSPS) is 27.2. The van der Waals surface area contributed by atoms with Gasteiger partial charge in [-0.25, -0.2) is 22.0 Å². The summed E-state index contributed by atoms with van der Waals surface area (Å²) in [7, 11) is 2.05. The van der Waals surface area contributed by atoms with Crippen molar-refractivity contribution in [1.29, 1.82) is 0 Å². The number of fused-ring (bicyclic) bond motifs is 2. The molecule has 0 radical (unpaired) electrons. The number of hydrogen-bond acceptors (Lipinski definition) is 4. The molecular weight excluding hydrogens is 507 g/mol. The molecule has 2 heterocycles. The Bertz CT molecular complexity index is 1270. The molecule has 0 spiro atoms. The van der Waals surface area contributed by atoms with Crippen molar-refractivity contribution in [2.45, 2.75) is 63.1 Å². The Morgan fingerprint density at radius 1 is 1.11 bits per heavy atom. The zero-order valence-corrected chi connectivity index (χ0v) is 21.2. The second-order valence-electron chi connectivity index (χ2n) is 10.9. The molecule has 1 aliphatic heterocycles. The number of anilines is 1. The van der Waals surface area contributed by atoms with Crippen molar-refractivity contribution in [3.63, 3.8) is 0 Å². The number of nitrogens with zero attached hydrogens (tertiary/aromatic N) is 2. The average Bonchev–Trinajstić information content (AvgIpc) is 3.07. The number of halogens is 5. The summed E-state index contributed by atoms with van der Waals surface area (Å²) in [5, 5.41) is 5.97. The second-order valence-corrected chi connectivity index (χ2v) is 10.9. The van der Waals surface area contributed by atoms with Crippen molar-refractivity contribution in [3.8, 4) is 0 Å². The molecule has 5 rings (SSSR count). The predicted molar refractivity (Wildman–Crippen MR) is 132 cm³/mol. The lowest BCUT2D eigenvalue weighted by Gasteiger charge is -2.39. The molecule has 2 unspecified atom stereocenters. The van der Waals surface area contributed by atoms with Crippen molar-refractivity contribution in [2.75, 3.05) is 25.5 Å². The van der Waals surface area contributed by atoms with Crippen molar-refractivity contribution in [1.82, 2.24) is 14.8 Å². The summed E-state index contributed by atoms with van der Waals surface area (Å²) < 4.78 is 70.4. The van der Waals surface area contributed by atoms with Crippen LogP contribution in [0.25, 0.3) is 0 Å². The van der Waals surface area contributed by atoms with E-state index in [1.165, 1.54) is 25.1 Å². The SMILES string of the molecule is C[C@@H](NC(=O)c1cn(C2CCC2(F)F)c(=O)cc1NC1[C@@H]2CC[C@H]1CN(C)C2)c1cccc(C(F)F)c1F. The molecule has 3 aliphatic rings. The maximum Gasteiger partial charge on any atom is 0.268 e. The third-order valence-electron chi connectivity index (χ3n) is 8.35. The summed E-state index contributed by atoms with van der Waals surface area (Å²) in [5.41, 5.74) is -1.34. The molecule has 1 aromatic heterocycles. The molecule has 6 nitrogen and oxygen atoms in total. The minimum Gasteiger partial charge on any atom is -0.381 e. The molecular formula is C27H31F5N4O2. The highest BCUT2D eigenvalue weighted by atomic mass is 19.3. The summed E-state index contributed by atoms with van der Waals surface area (Å²) in [6, 6.07) is 2.40. The molecule has 5 atom stereocenters. The van der Waals surface area contributed by atoms with Gasteiger partial charge in [-0.05, 0) is 45.1 Å². The van der Waals surface area contributed by atoms with Crippen LogP contribution in [0.2, 0.25) is 0 Å². The zero-order valence-electron chi connectivity index (χ0n) is 21.2. The van der Waals surface area contributed by atoms with E-state index in [2.05, 4.69) is 15.5 Å². The summed E-state index contributed by atoms with van der Waals surface area (Å²) in [4.78, 5) is 28.6. The smallest absolute Gasteiger partial charge is 0.268 e. The van der Waals surface area contributed by atoms with Crippen LogP contribution in [0, 0.1) is 17.7 Å². The van der Waals surface area contributed by atoms with Gasteiger partial charge in [0.15, 0.2) is 0 Å². The summed E-state index contributed by atoms with van der Waals surface area (Å²) in [5.74, 6) is -4.29. The fourth-order valence-electron chi connectivity index (χ4n) is 6.22. The van der Waals surface area contributed by atoms with Crippen LogP contribution < -0.4 is 16.2 Å². The number of hydrogen-bond donors (Lipinski definition) is 2. The number of benzene rings is 1. The quantitative estimate of drug-likeness (QED) is 0.480. The third kappa shape index (κ3) is 4.81. The topological polar surface area (TPSA) is 66.4 Å². The molecule has 2 aromatic rings. The van der Waals surface area contributed by atoms with Crippen LogP contribution in [-0.2, 0) is 0 Å². The third-order valence-corrected chi connectivity index (χ3v) is 8.35. The number of alkyl halides is 4. The van der Waals surface area contributed by atoms with E-state index in [1.807, 2.05) is 7.05 Å². The van der Waals surface area contributed by atoms with Gasteiger partial charge in [0.05, 0.1) is 22.9 Å². The zero-order chi connectivity index (χ0) is 27.4. The van der Waals surface area contributed by atoms with E-state index in [4.69, 9.17) is 0 Å². The molecule has 3 fully saturated rings. The summed E-state index contributed by atoms with van der Waals surface area (Å²) >= 11 is 0. The van der Waals surface area contributed by atoms with Crippen LogP contribution in [0.15, 0.2) is 35.3 Å². The largest absolute Gasteiger partial charge is 0.381 e. The number of rotatable bonds is 7. The fraction of sp³-hybridized carbons (Fsp3) is 0.556. The van der Waals surface area contributed by atoms with Gasteiger partial charge in [-0.2, -0.15) is 0 Å². The molecule has 11 heteroatoms. The molecule has 2 aliphatic carbocycles. The Balaban J connectivity index is 1.47. The van der Waals surface area contributed by atoms with E-state index < -0.39 is 47.3 Å². The van der Waals surface area contributed by atoms with Gasteiger partial charge in [0.2, 0.25) is 0 Å². The van der Waals surface area contributed by atoms with Gasteiger partial charge in [0, 0.05) is 43.4 Å². The highest BCUT2D eigenvalue weighted by molar-refractivity contribution is 5.99. The van der Waals surface area contributed by atoms with Gasteiger partial charge < -0.3 is 20.1 Å². The number of aromatic nitrogens is 1. The van der Waals surface area contributed by atoms with Gasteiger partial charge in [0.1, 0.15) is 11.9 Å². The number of amides is 1. The maximum absolute atomic E-state index is 14.7.